The molecule has 0 aromatic heterocycles. The van der Waals surface area contributed by atoms with Gasteiger partial charge >= 0.3 is 0 Å². The molecule has 2 aromatic rings. The Labute approximate surface area is 130 Å². The molecule has 6 heteroatoms. The van der Waals surface area contributed by atoms with Crippen LogP contribution in [0.1, 0.15) is 17.2 Å². The highest BCUT2D eigenvalue weighted by atomic mass is 79.9. The van der Waals surface area contributed by atoms with Gasteiger partial charge in [0.25, 0.3) is 0 Å². The van der Waals surface area contributed by atoms with E-state index in [1.165, 1.54) is 12.1 Å². The second kappa shape index (κ2) is 6.98. The molecule has 1 atom stereocenters. The summed E-state index contributed by atoms with van der Waals surface area (Å²) in [6.07, 6.45) is 0.361. The second-order valence-corrected chi connectivity index (χ2v) is 5.44. The first-order chi connectivity index (χ1) is 10.1. The highest BCUT2D eigenvalue weighted by Gasteiger charge is 2.19. The normalized spacial score (nSPS) is 12.2. The molecule has 0 spiro atoms. The highest BCUT2D eigenvalue weighted by molar-refractivity contribution is 9.10. The Bertz CT molecular complexity index is 637. The number of benzene rings is 2. The van der Waals surface area contributed by atoms with Crippen LogP contribution in [0.25, 0.3) is 0 Å². The minimum Gasteiger partial charge on any atom is -0.496 e. The van der Waals surface area contributed by atoms with Crippen molar-refractivity contribution >= 4 is 15.9 Å². The summed E-state index contributed by atoms with van der Waals surface area (Å²) in [5.74, 6) is 4.38. The van der Waals surface area contributed by atoms with Gasteiger partial charge in [0.15, 0.2) is 11.6 Å². The van der Waals surface area contributed by atoms with Crippen LogP contribution in [-0.2, 0) is 6.42 Å². The number of nitrogens with one attached hydrogen (secondary N) is 1. The number of rotatable bonds is 5. The fourth-order valence-electron chi connectivity index (χ4n) is 2.17. The molecule has 112 valence electrons. The van der Waals surface area contributed by atoms with E-state index in [0.717, 1.165) is 16.1 Å². The molecular weight excluding hydrogens is 342 g/mol. The lowest BCUT2D eigenvalue weighted by Gasteiger charge is -2.19. The molecule has 2 aromatic carbocycles. The van der Waals surface area contributed by atoms with E-state index in [2.05, 4.69) is 21.4 Å². The van der Waals surface area contributed by atoms with Gasteiger partial charge in [-0.2, -0.15) is 0 Å². The zero-order valence-electron chi connectivity index (χ0n) is 11.4. The van der Waals surface area contributed by atoms with Crippen molar-refractivity contribution in [1.82, 2.24) is 5.43 Å². The maximum Gasteiger partial charge on any atom is 0.163 e. The van der Waals surface area contributed by atoms with Crippen LogP contribution in [0, 0.1) is 11.6 Å². The van der Waals surface area contributed by atoms with Crippen LogP contribution in [0.3, 0.4) is 0 Å². The molecule has 0 bridgehead atoms. The molecule has 2 rings (SSSR count). The minimum atomic E-state index is -0.894. The van der Waals surface area contributed by atoms with E-state index in [0.29, 0.717) is 12.2 Å². The summed E-state index contributed by atoms with van der Waals surface area (Å²) in [5.41, 5.74) is 3.54. The number of nitrogens with two attached hydrogens (primary N) is 1. The molecule has 0 amide bonds. The van der Waals surface area contributed by atoms with Crippen molar-refractivity contribution in [3.05, 3.63) is 63.6 Å². The van der Waals surface area contributed by atoms with E-state index in [1.807, 2.05) is 12.1 Å². The van der Waals surface area contributed by atoms with Crippen molar-refractivity contribution < 1.29 is 13.5 Å². The van der Waals surface area contributed by atoms with Crippen molar-refractivity contribution in [2.24, 2.45) is 5.84 Å². The molecule has 0 radical (unpaired) electrons. The Hall–Kier alpha value is -1.50. The summed E-state index contributed by atoms with van der Waals surface area (Å²) in [4.78, 5) is 0. The number of ether oxygens (including phenoxy) is 1. The molecule has 0 saturated heterocycles. The van der Waals surface area contributed by atoms with Gasteiger partial charge < -0.3 is 4.74 Å². The van der Waals surface area contributed by atoms with Crippen LogP contribution in [-0.4, -0.2) is 7.11 Å². The van der Waals surface area contributed by atoms with Gasteiger partial charge in [-0.15, -0.1) is 0 Å². The molecule has 3 nitrogen and oxygen atoms in total. The fourth-order valence-corrected chi connectivity index (χ4v) is 2.58. The number of hydrogen-bond donors (Lipinski definition) is 2. The van der Waals surface area contributed by atoms with E-state index < -0.39 is 17.7 Å². The van der Waals surface area contributed by atoms with Crippen LogP contribution in [0.4, 0.5) is 8.78 Å². The second-order valence-electron chi connectivity index (χ2n) is 4.52. The summed E-state index contributed by atoms with van der Waals surface area (Å²) >= 11 is 3.38. The van der Waals surface area contributed by atoms with Gasteiger partial charge in [-0.3, -0.25) is 11.3 Å². The van der Waals surface area contributed by atoms with Gasteiger partial charge in [0.1, 0.15) is 5.75 Å². The third kappa shape index (κ3) is 3.58. The van der Waals surface area contributed by atoms with Gasteiger partial charge in [-0.1, -0.05) is 28.1 Å². The first kappa shape index (κ1) is 15.9. The Morgan fingerprint density at radius 1 is 1.29 bits per heavy atom. The van der Waals surface area contributed by atoms with E-state index in [9.17, 15) is 8.78 Å². The van der Waals surface area contributed by atoms with Gasteiger partial charge in [0.05, 0.1) is 13.2 Å². The van der Waals surface area contributed by atoms with Gasteiger partial charge in [0, 0.05) is 10.0 Å². The number of hydrogen-bond acceptors (Lipinski definition) is 3. The number of methoxy groups -OCH3 is 1. The molecule has 0 heterocycles. The summed E-state index contributed by atoms with van der Waals surface area (Å²) in [6, 6.07) is 8.98. The molecule has 0 aliphatic rings. The average Bonchev–Trinajstić information content (AvgIpc) is 2.48. The third-order valence-electron chi connectivity index (χ3n) is 3.22. The van der Waals surface area contributed by atoms with E-state index in [-0.39, 0.29) is 5.56 Å². The van der Waals surface area contributed by atoms with Crippen molar-refractivity contribution in [2.75, 3.05) is 7.11 Å². The minimum absolute atomic E-state index is 0.180. The van der Waals surface area contributed by atoms with Gasteiger partial charge in [-0.05, 0) is 36.2 Å². The fraction of sp³-hybridized carbons (Fsp3) is 0.200. The zero-order valence-corrected chi connectivity index (χ0v) is 13.0. The maximum atomic E-state index is 13.9. The lowest BCUT2D eigenvalue weighted by Crippen LogP contribution is -2.30. The quantitative estimate of drug-likeness (QED) is 0.636. The number of hydrazine groups is 1. The smallest absolute Gasteiger partial charge is 0.163 e. The molecular formula is C15H15BrF2N2O. The topological polar surface area (TPSA) is 47.3 Å². The predicted octanol–water partition coefficient (Wildman–Crippen LogP) is 3.48. The first-order valence-corrected chi connectivity index (χ1v) is 7.08. The van der Waals surface area contributed by atoms with Crippen molar-refractivity contribution in [3.8, 4) is 5.75 Å². The Morgan fingerprint density at radius 2 is 2.05 bits per heavy atom. The van der Waals surface area contributed by atoms with Gasteiger partial charge in [0.2, 0.25) is 0 Å². The summed E-state index contributed by atoms with van der Waals surface area (Å²) in [6.45, 7) is 0. The monoisotopic (exact) mass is 356 g/mol. The predicted molar refractivity (Wildman–Crippen MR) is 80.8 cm³/mol. The molecule has 0 saturated carbocycles. The van der Waals surface area contributed by atoms with Crippen LogP contribution in [0.5, 0.6) is 5.75 Å². The molecule has 21 heavy (non-hydrogen) atoms. The summed E-state index contributed by atoms with van der Waals surface area (Å²) in [5, 5.41) is 0. The first-order valence-electron chi connectivity index (χ1n) is 6.29. The van der Waals surface area contributed by atoms with Crippen LogP contribution in [0.2, 0.25) is 0 Å². The van der Waals surface area contributed by atoms with E-state index in [4.69, 9.17) is 10.6 Å². The molecule has 0 aliphatic heterocycles. The van der Waals surface area contributed by atoms with Gasteiger partial charge in [-0.25, -0.2) is 8.78 Å². The molecule has 3 N–H and O–H groups in total. The maximum absolute atomic E-state index is 13.9. The van der Waals surface area contributed by atoms with Crippen molar-refractivity contribution in [3.63, 3.8) is 0 Å². The zero-order chi connectivity index (χ0) is 15.4. The lowest BCUT2D eigenvalue weighted by molar-refractivity contribution is 0.403. The van der Waals surface area contributed by atoms with E-state index in [1.54, 1.807) is 13.2 Å². The summed E-state index contributed by atoms with van der Waals surface area (Å²) in [7, 11) is 1.56. The SMILES string of the molecule is COc1ccc(Br)cc1CC(NN)c1cccc(F)c1F. The molecule has 0 aliphatic carbocycles. The van der Waals surface area contributed by atoms with Crippen LogP contribution >= 0.6 is 15.9 Å². The average molecular weight is 357 g/mol. The lowest BCUT2D eigenvalue weighted by atomic mass is 9.98. The Kier molecular flexibility index (Phi) is 5.27. The third-order valence-corrected chi connectivity index (χ3v) is 3.72. The van der Waals surface area contributed by atoms with Crippen molar-refractivity contribution in [1.29, 1.82) is 0 Å². The molecule has 1 unspecified atom stereocenters. The Balaban J connectivity index is 2.35. The highest BCUT2D eigenvalue weighted by Crippen LogP contribution is 2.29. The standard InChI is InChI=1S/C15H15BrF2N2O/c1-21-14-6-5-10(16)7-9(14)8-13(20-19)11-3-2-4-12(17)15(11)18/h2-7,13,20H,8,19H2,1H3. The van der Waals surface area contributed by atoms with Crippen molar-refractivity contribution in [2.45, 2.75) is 12.5 Å². The largest absolute Gasteiger partial charge is 0.496 e. The number of halogens is 3. The van der Waals surface area contributed by atoms with Crippen LogP contribution < -0.4 is 16.0 Å². The Morgan fingerprint density at radius 3 is 2.71 bits per heavy atom. The van der Waals surface area contributed by atoms with Crippen LogP contribution in [0.15, 0.2) is 40.9 Å². The summed E-state index contributed by atoms with van der Waals surface area (Å²) < 4.78 is 33.4. The molecule has 0 fully saturated rings. The van der Waals surface area contributed by atoms with E-state index >= 15 is 0 Å².